The number of nitro groups is 1. The maximum absolute atomic E-state index is 10.6. The summed E-state index contributed by atoms with van der Waals surface area (Å²) in [4.78, 5) is 10.2. The second-order valence-corrected chi connectivity index (χ2v) is 3.78. The first-order valence-electron chi connectivity index (χ1n) is 4.82. The Morgan fingerprint density at radius 1 is 1.53 bits per heavy atom. The van der Waals surface area contributed by atoms with Gasteiger partial charge in [-0.1, -0.05) is 11.6 Å². The average molecular weight is 253 g/mol. The minimum atomic E-state index is -0.447. The van der Waals surface area contributed by atoms with E-state index in [0.717, 1.165) is 5.69 Å². The molecule has 17 heavy (non-hydrogen) atoms. The number of halogens is 1. The van der Waals surface area contributed by atoms with Gasteiger partial charge in [-0.15, -0.1) is 0 Å². The Balaban J connectivity index is 2.14. The maximum Gasteiger partial charge on any atom is 0.269 e. The van der Waals surface area contributed by atoms with Crippen LogP contribution in [0.3, 0.4) is 0 Å². The summed E-state index contributed by atoms with van der Waals surface area (Å²) in [6, 6.07) is 4.35. The van der Waals surface area contributed by atoms with Gasteiger partial charge in [0.15, 0.2) is 0 Å². The lowest BCUT2D eigenvalue weighted by atomic mass is 10.2. The number of nitro benzene ring substituents is 1. The lowest BCUT2D eigenvalue weighted by Crippen LogP contribution is -2.00. The molecule has 0 fully saturated rings. The van der Waals surface area contributed by atoms with Crippen molar-refractivity contribution < 1.29 is 4.92 Å². The minimum absolute atomic E-state index is 0.0263. The first-order chi connectivity index (χ1) is 8.16. The fourth-order valence-corrected chi connectivity index (χ4v) is 1.54. The highest BCUT2D eigenvalue weighted by atomic mass is 35.5. The first kappa shape index (κ1) is 11.4. The number of aromatic nitrogens is 2. The summed E-state index contributed by atoms with van der Waals surface area (Å²) in [5.74, 6) is 0. The molecule has 2 aromatic rings. The van der Waals surface area contributed by atoms with Crippen LogP contribution in [-0.2, 0) is 6.54 Å². The molecule has 0 aliphatic rings. The molecule has 88 valence electrons. The second-order valence-electron chi connectivity index (χ2n) is 3.37. The number of aromatic amines is 1. The number of anilines is 1. The molecule has 0 unspecified atom stereocenters. The third-order valence-corrected chi connectivity index (χ3v) is 2.59. The Hall–Kier alpha value is -2.08. The fourth-order valence-electron chi connectivity index (χ4n) is 1.36. The summed E-state index contributed by atoms with van der Waals surface area (Å²) < 4.78 is 0. The smallest absolute Gasteiger partial charge is 0.269 e. The molecule has 0 aliphatic heterocycles. The van der Waals surface area contributed by atoms with Gasteiger partial charge in [-0.3, -0.25) is 15.2 Å². The van der Waals surface area contributed by atoms with Crippen molar-refractivity contribution in [1.82, 2.24) is 10.2 Å². The number of hydrogen-bond donors (Lipinski definition) is 2. The number of hydrogen-bond acceptors (Lipinski definition) is 4. The van der Waals surface area contributed by atoms with Crippen molar-refractivity contribution in [3.05, 3.63) is 51.3 Å². The van der Waals surface area contributed by atoms with E-state index in [9.17, 15) is 10.1 Å². The van der Waals surface area contributed by atoms with Crippen molar-refractivity contribution in [2.24, 2.45) is 0 Å². The Morgan fingerprint density at radius 2 is 2.35 bits per heavy atom. The molecule has 0 amide bonds. The van der Waals surface area contributed by atoms with Crippen molar-refractivity contribution >= 4 is 23.0 Å². The van der Waals surface area contributed by atoms with E-state index in [1.54, 1.807) is 12.4 Å². The highest BCUT2D eigenvalue weighted by Gasteiger charge is 2.09. The van der Waals surface area contributed by atoms with Crippen molar-refractivity contribution in [2.75, 3.05) is 5.32 Å². The van der Waals surface area contributed by atoms with Crippen LogP contribution < -0.4 is 5.32 Å². The van der Waals surface area contributed by atoms with E-state index < -0.39 is 4.92 Å². The van der Waals surface area contributed by atoms with E-state index in [2.05, 4.69) is 15.5 Å². The zero-order valence-corrected chi connectivity index (χ0v) is 9.44. The molecule has 1 aromatic heterocycles. The Bertz CT molecular complexity index is 527. The molecule has 2 N–H and O–H groups in total. The molecule has 6 nitrogen and oxygen atoms in total. The van der Waals surface area contributed by atoms with E-state index in [0.29, 0.717) is 17.1 Å². The van der Waals surface area contributed by atoms with Crippen molar-refractivity contribution in [1.29, 1.82) is 0 Å². The quantitative estimate of drug-likeness (QED) is 0.647. The van der Waals surface area contributed by atoms with Crippen molar-refractivity contribution in [2.45, 2.75) is 6.54 Å². The molecule has 0 bridgehead atoms. The third kappa shape index (κ3) is 2.73. The summed E-state index contributed by atoms with van der Waals surface area (Å²) in [5, 5.41) is 20.6. The van der Waals surface area contributed by atoms with Gasteiger partial charge in [-0.2, -0.15) is 5.10 Å². The number of nitrogens with zero attached hydrogens (tertiary/aromatic N) is 2. The molecule has 0 atom stereocenters. The van der Waals surface area contributed by atoms with E-state index >= 15 is 0 Å². The van der Waals surface area contributed by atoms with Crippen molar-refractivity contribution in [3.63, 3.8) is 0 Å². The molecular formula is C10H9ClN4O2. The minimum Gasteiger partial charge on any atom is -0.378 e. The van der Waals surface area contributed by atoms with Gasteiger partial charge in [0.1, 0.15) is 0 Å². The average Bonchev–Trinajstić information content (AvgIpc) is 2.80. The van der Waals surface area contributed by atoms with Crippen LogP contribution in [0, 0.1) is 10.1 Å². The van der Waals surface area contributed by atoms with Crippen LogP contribution in [0.4, 0.5) is 11.4 Å². The molecular weight excluding hydrogens is 244 g/mol. The number of rotatable bonds is 4. The Labute approximate surface area is 102 Å². The molecule has 0 saturated carbocycles. The molecule has 1 aromatic carbocycles. The molecule has 1 heterocycles. The van der Waals surface area contributed by atoms with E-state index in [-0.39, 0.29) is 5.69 Å². The number of non-ortho nitro benzene ring substituents is 1. The van der Waals surface area contributed by atoms with Crippen LogP contribution in [0.25, 0.3) is 0 Å². The molecule has 7 heteroatoms. The van der Waals surface area contributed by atoms with Crippen LogP contribution in [0.1, 0.15) is 5.56 Å². The van der Waals surface area contributed by atoms with E-state index in [1.807, 2.05) is 0 Å². The van der Waals surface area contributed by atoms with Gasteiger partial charge in [0.05, 0.1) is 16.8 Å². The summed E-state index contributed by atoms with van der Waals surface area (Å²) in [6.45, 7) is 0.403. The van der Waals surface area contributed by atoms with Crippen LogP contribution in [0.5, 0.6) is 0 Å². The van der Waals surface area contributed by atoms with Gasteiger partial charge in [0, 0.05) is 29.9 Å². The molecule has 0 saturated heterocycles. The second kappa shape index (κ2) is 4.84. The molecule has 0 spiro atoms. The van der Waals surface area contributed by atoms with Crippen LogP contribution in [0.15, 0.2) is 30.6 Å². The van der Waals surface area contributed by atoms with E-state index in [4.69, 9.17) is 11.6 Å². The highest BCUT2D eigenvalue weighted by Crippen LogP contribution is 2.22. The van der Waals surface area contributed by atoms with Gasteiger partial charge >= 0.3 is 0 Å². The van der Waals surface area contributed by atoms with Gasteiger partial charge < -0.3 is 5.32 Å². The number of H-pyrrole nitrogens is 1. The van der Waals surface area contributed by atoms with E-state index in [1.165, 1.54) is 18.2 Å². The Morgan fingerprint density at radius 3 is 3.00 bits per heavy atom. The summed E-state index contributed by atoms with van der Waals surface area (Å²) >= 11 is 5.96. The monoisotopic (exact) mass is 252 g/mol. The van der Waals surface area contributed by atoms with Crippen molar-refractivity contribution in [3.8, 4) is 0 Å². The lowest BCUT2D eigenvalue weighted by Gasteiger charge is -2.05. The van der Waals surface area contributed by atoms with Crippen LogP contribution in [0.2, 0.25) is 5.02 Å². The summed E-state index contributed by atoms with van der Waals surface area (Å²) in [6.07, 6.45) is 3.30. The molecule has 0 radical (unpaired) electrons. The fraction of sp³-hybridized carbons (Fsp3) is 0.100. The van der Waals surface area contributed by atoms with Gasteiger partial charge in [-0.05, 0) is 11.6 Å². The first-order valence-corrected chi connectivity index (χ1v) is 5.20. The highest BCUT2D eigenvalue weighted by molar-refractivity contribution is 6.31. The summed E-state index contributed by atoms with van der Waals surface area (Å²) in [7, 11) is 0. The van der Waals surface area contributed by atoms with Crippen LogP contribution >= 0.6 is 11.6 Å². The Kier molecular flexibility index (Phi) is 3.24. The standard InChI is InChI=1S/C10H9ClN4O2/c11-10-2-1-9(15(16)17)3-7(10)4-12-8-5-13-14-6-8/h1-3,5-6,12H,4H2,(H,13,14). The lowest BCUT2D eigenvalue weighted by molar-refractivity contribution is -0.384. The number of benzene rings is 1. The topological polar surface area (TPSA) is 83.8 Å². The normalized spacial score (nSPS) is 10.2. The molecule has 2 rings (SSSR count). The molecule has 0 aliphatic carbocycles. The van der Waals surface area contributed by atoms with Crippen LogP contribution in [-0.4, -0.2) is 15.1 Å². The zero-order chi connectivity index (χ0) is 12.3. The zero-order valence-electron chi connectivity index (χ0n) is 8.68. The predicted octanol–water partition coefficient (Wildman–Crippen LogP) is 2.58. The van der Waals surface area contributed by atoms with Gasteiger partial charge in [0.2, 0.25) is 0 Å². The maximum atomic E-state index is 10.6. The van der Waals surface area contributed by atoms with Gasteiger partial charge in [-0.25, -0.2) is 0 Å². The number of nitrogens with one attached hydrogen (secondary N) is 2. The largest absolute Gasteiger partial charge is 0.378 e. The van der Waals surface area contributed by atoms with Gasteiger partial charge in [0.25, 0.3) is 5.69 Å². The third-order valence-electron chi connectivity index (χ3n) is 2.22. The summed E-state index contributed by atoms with van der Waals surface area (Å²) in [5.41, 5.74) is 1.49. The SMILES string of the molecule is O=[N+]([O-])c1ccc(Cl)c(CNc2cn[nH]c2)c1. The predicted molar refractivity (Wildman–Crippen MR) is 64.0 cm³/mol.